The fourth-order valence-corrected chi connectivity index (χ4v) is 0.911. The van der Waals surface area contributed by atoms with Crippen molar-refractivity contribution in [3.8, 4) is 0 Å². The van der Waals surface area contributed by atoms with Crippen LogP contribution in [0.15, 0.2) is 36.5 Å². The van der Waals surface area contributed by atoms with E-state index in [4.69, 9.17) is 0 Å². The molecule has 0 aliphatic heterocycles. The van der Waals surface area contributed by atoms with Gasteiger partial charge in [0, 0.05) is 14.1 Å². The van der Waals surface area contributed by atoms with Gasteiger partial charge in [-0.3, -0.25) is 0 Å². The van der Waals surface area contributed by atoms with Gasteiger partial charge in [0.15, 0.2) is 0 Å². The molecule has 0 amide bonds. The predicted octanol–water partition coefficient (Wildman–Crippen LogP) is 0.907. The summed E-state index contributed by atoms with van der Waals surface area (Å²) in [6.07, 6.45) is 1.56. The normalized spacial score (nSPS) is 11.3. The van der Waals surface area contributed by atoms with Gasteiger partial charge in [-0.15, -0.1) is 0 Å². The first-order valence-corrected chi connectivity index (χ1v) is 3.81. The fourth-order valence-electron chi connectivity index (χ4n) is 0.911. The topological polar surface area (TPSA) is 26.3 Å². The Balaban J connectivity index is 2.85. The maximum atomic E-state index is 11.4. The molecule has 2 heteroatoms. The average Bonchev–Trinajstić information content (AvgIpc) is 2.05. The molecular formula is C10H12NO-. The molecule has 1 rings (SSSR count). The van der Waals surface area contributed by atoms with Crippen LogP contribution in [0.4, 0.5) is 0 Å². The molecule has 0 fully saturated rings. The smallest absolute Gasteiger partial charge is 0.00554 e. The van der Waals surface area contributed by atoms with Gasteiger partial charge < -0.3 is 10.0 Å². The summed E-state index contributed by atoms with van der Waals surface area (Å²) in [5, 5.41) is 11.4. The van der Waals surface area contributed by atoms with Gasteiger partial charge in [0.05, 0.1) is 0 Å². The van der Waals surface area contributed by atoms with Crippen molar-refractivity contribution >= 4 is 5.76 Å². The summed E-state index contributed by atoms with van der Waals surface area (Å²) in [7, 11) is 3.67. The van der Waals surface area contributed by atoms with Gasteiger partial charge >= 0.3 is 0 Å². The van der Waals surface area contributed by atoms with Crippen LogP contribution in [0.2, 0.25) is 0 Å². The molecule has 0 N–H and O–H groups in total. The number of nitrogens with zero attached hydrogens (tertiary/aromatic N) is 1. The summed E-state index contributed by atoms with van der Waals surface area (Å²) in [6.45, 7) is 0. The molecule has 0 aliphatic rings. The number of rotatable bonds is 2. The van der Waals surface area contributed by atoms with E-state index in [-0.39, 0.29) is 5.76 Å². The van der Waals surface area contributed by atoms with Gasteiger partial charge in [-0.1, -0.05) is 36.1 Å². The van der Waals surface area contributed by atoms with Crippen molar-refractivity contribution in [2.24, 2.45) is 0 Å². The van der Waals surface area contributed by atoms with E-state index in [2.05, 4.69) is 0 Å². The lowest BCUT2D eigenvalue weighted by Crippen LogP contribution is -2.09. The number of benzene rings is 1. The van der Waals surface area contributed by atoms with E-state index in [1.807, 2.05) is 44.4 Å². The molecule has 0 saturated carbocycles. The van der Waals surface area contributed by atoms with Gasteiger partial charge in [-0.05, 0) is 11.8 Å². The van der Waals surface area contributed by atoms with Crippen molar-refractivity contribution in [2.45, 2.75) is 0 Å². The lowest BCUT2D eigenvalue weighted by molar-refractivity contribution is -0.244. The largest absolute Gasteiger partial charge is 0.871 e. The van der Waals surface area contributed by atoms with E-state index in [1.165, 1.54) is 0 Å². The van der Waals surface area contributed by atoms with Crippen LogP contribution < -0.4 is 5.11 Å². The predicted molar refractivity (Wildman–Crippen MR) is 48.1 cm³/mol. The van der Waals surface area contributed by atoms with Crippen LogP contribution in [0, 0.1) is 0 Å². The van der Waals surface area contributed by atoms with E-state index in [9.17, 15) is 5.11 Å². The third kappa shape index (κ3) is 2.31. The van der Waals surface area contributed by atoms with Crippen LogP contribution >= 0.6 is 0 Å². The molecule has 0 aromatic heterocycles. The van der Waals surface area contributed by atoms with E-state index in [0.29, 0.717) is 0 Å². The highest BCUT2D eigenvalue weighted by molar-refractivity contribution is 5.55. The summed E-state index contributed by atoms with van der Waals surface area (Å²) < 4.78 is 0. The number of hydrogen-bond donors (Lipinski definition) is 0. The van der Waals surface area contributed by atoms with E-state index >= 15 is 0 Å². The Labute approximate surface area is 72.8 Å². The Morgan fingerprint density at radius 3 is 2.33 bits per heavy atom. The molecule has 2 nitrogen and oxygen atoms in total. The maximum Gasteiger partial charge on any atom is 0.00554 e. The average molecular weight is 162 g/mol. The standard InChI is InChI=1S/C10H13NO/c1-11(2)8-10(12)9-6-4-3-5-7-9/h3-8,12H,1-2H3/p-1/b10-8-. The summed E-state index contributed by atoms with van der Waals surface area (Å²) in [5.74, 6) is 0.0422. The molecule has 0 spiro atoms. The van der Waals surface area contributed by atoms with E-state index in [1.54, 1.807) is 11.1 Å². The monoisotopic (exact) mass is 162 g/mol. The SMILES string of the molecule is CN(C)/C=C(\[O-])c1ccccc1. The molecule has 0 atom stereocenters. The molecule has 0 unspecified atom stereocenters. The minimum atomic E-state index is 0.0422. The molecule has 0 aliphatic carbocycles. The molecule has 1 aromatic rings. The summed E-state index contributed by atoms with van der Waals surface area (Å²) in [6, 6.07) is 9.23. The van der Waals surface area contributed by atoms with Crippen molar-refractivity contribution in [1.82, 2.24) is 4.90 Å². The van der Waals surface area contributed by atoms with Crippen LogP contribution in [0.3, 0.4) is 0 Å². The molecule has 12 heavy (non-hydrogen) atoms. The van der Waals surface area contributed by atoms with Crippen molar-refractivity contribution in [1.29, 1.82) is 0 Å². The van der Waals surface area contributed by atoms with Crippen LogP contribution in [-0.4, -0.2) is 19.0 Å². The van der Waals surface area contributed by atoms with Crippen molar-refractivity contribution < 1.29 is 5.11 Å². The lowest BCUT2D eigenvalue weighted by Gasteiger charge is -2.15. The van der Waals surface area contributed by atoms with Crippen LogP contribution in [0.5, 0.6) is 0 Å². The summed E-state index contributed by atoms with van der Waals surface area (Å²) >= 11 is 0. The first-order valence-electron chi connectivity index (χ1n) is 3.81. The zero-order valence-electron chi connectivity index (χ0n) is 7.32. The van der Waals surface area contributed by atoms with Crippen molar-refractivity contribution in [3.05, 3.63) is 42.1 Å². The van der Waals surface area contributed by atoms with Crippen LogP contribution in [-0.2, 0) is 0 Å². The summed E-state index contributed by atoms with van der Waals surface area (Å²) in [5.41, 5.74) is 0.728. The zero-order valence-corrected chi connectivity index (χ0v) is 7.32. The quantitative estimate of drug-likeness (QED) is 0.604. The molecule has 0 radical (unpaired) electrons. The second-order valence-corrected chi connectivity index (χ2v) is 2.82. The van der Waals surface area contributed by atoms with Gasteiger partial charge in [-0.25, -0.2) is 0 Å². The molecular weight excluding hydrogens is 150 g/mol. The Morgan fingerprint density at radius 2 is 1.83 bits per heavy atom. The minimum Gasteiger partial charge on any atom is -0.871 e. The highest BCUT2D eigenvalue weighted by atomic mass is 16.3. The maximum absolute atomic E-state index is 11.4. The van der Waals surface area contributed by atoms with E-state index in [0.717, 1.165) is 5.56 Å². The fraction of sp³-hybridized carbons (Fsp3) is 0.200. The van der Waals surface area contributed by atoms with Crippen LogP contribution in [0.25, 0.3) is 5.76 Å². The molecule has 1 aromatic carbocycles. The highest BCUT2D eigenvalue weighted by Crippen LogP contribution is 2.06. The molecule has 0 bridgehead atoms. The van der Waals surface area contributed by atoms with Crippen molar-refractivity contribution in [2.75, 3.05) is 14.1 Å². The molecule has 64 valence electrons. The molecule has 0 saturated heterocycles. The Hall–Kier alpha value is -1.44. The van der Waals surface area contributed by atoms with E-state index < -0.39 is 0 Å². The Bertz CT molecular complexity index is 264. The first kappa shape index (κ1) is 8.65. The van der Waals surface area contributed by atoms with Gasteiger partial charge in [0.25, 0.3) is 0 Å². The van der Waals surface area contributed by atoms with Gasteiger partial charge in [0.2, 0.25) is 0 Å². The number of hydrogen-bond acceptors (Lipinski definition) is 2. The Kier molecular flexibility index (Phi) is 2.75. The minimum absolute atomic E-state index is 0.0422. The second kappa shape index (κ2) is 3.81. The summed E-state index contributed by atoms with van der Waals surface area (Å²) in [4.78, 5) is 1.75. The second-order valence-electron chi connectivity index (χ2n) is 2.82. The highest BCUT2D eigenvalue weighted by Gasteiger charge is 1.87. The third-order valence-electron chi connectivity index (χ3n) is 1.43. The van der Waals surface area contributed by atoms with Gasteiger partial charge in [0.1, 0.15) is 0 Å². The lowest BCUT2D eigenvalue weighted by atomic mass is 10.2. The first-order chi connectivity index (χ1) is 5.70. The van der Waals surface area contributed by atoms with Crippen molar-refractivity contribution in [3.63, 3.8) is 0 Å². The van der Waals surface area contributed by atoms with Gasteiger partial charge in [-0.2, -0.15) is 0 Å². The zero-order chi connectivity index (χ0) is 8.97. The molecule has 0 heterocycles. The Morgan fingerprint density at radius 1 is 1.25 bits per heavy atom. The van der Waals surface area contributed by atoms with Crippen LogP contribution in [0.1, 0.15) is 5.56 Å². The third-order valence-corrected chi connectivity index (χ3v) is 1.43.